The fraction of sp³-hybridized carbons (Fsp3) is 0.500. The summed E-state index contributed by atoms with van der Waals surface area (Å²) >= 11 is 0. The summed E-state index contributed by atoms with van der Waals surface area (Å²) in [6.07, 6.45) is 0.549. The number of likely N-dealkylation sites (N-methyl/N-ethyl adjacent to an activating group) is 1. The van der Waals surface area contributed by atoms with Gasteiger partial charge in [-0.25, -0.2) is 0 Å². The van der Waals surface area contributed by atoms with Crippen molar-refractivity contribution in [1.29, 1.82) is 5.26 Å². The Bertz CT molecular complexity index is 535. The van der Waals surface area contributed by atoms with Gasteiger partial charge in [0.2, 0.25) is 0 Å². The van der Waals surface area contributed by atoms with Gasteiger partial charge < -0.3 is 9.84 Å². The van der Waals surface area contributed by atoms with Crippen LogP contribution in [0.15, 0.2) is 24.3 Å². The Morgan fingerprint density at radius 2 is 2.10 bits per heavy atom. The number of methoxy groups -OCH3 is 1. The zero-order valence-electron chi connectivity index (χ0n) is 12.3. The monoisotopic (exact) mass is 288 g/mol. The minimum Gasteiger partial charge on any atom is -0.469 e. The third kappa shape index (κ3) is 3.60. The first kappa shape index (κ1) is 15.5. The second-order valence-corrected chi connectivity index (χ2v) is 5.55. The largest absolute Gasteiger partial charge is 0.469 e. The molecule has 5 heteroatoms. The first-order valence-corrected chi connectivity index (χ1v) is 7.00. The Balaban J connectivity index is 1.98. The summed E-state index contributed by atoms with van der Waals surface area (Å²) in [5.74, 6) is -0.471. The number of esters is 1. The predicted molar refractivity (Wildman–Crippen MR) is 77.2 cm³/mol. The Morgan fingerprint density at radius 1 is 1.43 bits per heavy atom. The van der Waals surface area contributed by atoms with E-state index in [1.807, 2.05) is 19.2 Å². The number of hydrogen-bond acceptors (Lipinski definition) is 5. The van der Waals surface area contributed by atoms with Gasteiger partial charge in [0.25, 0.3) is 0 Å². The van der Waals surface area contributed by atoms with Crippen LogP contribution in [0, 0.1) is 17.2 Å². The molecule has 1 aliphatic rings. The van der Waals surface area contributed by atoms with Crippen LogP contribution in [0.3, 0.4) is 0 Å². The number of hydrogen-bond donors (Lipinski definition) is 1. The highest BCUT2D eigenvalue weighted by molar-refractivity contribution is 5.72. The van der Waals surface area contributed by atoms with E-state index in [2.05, 4.69) is 11.0 Å². The van der Waals surface area contributed by atoms with Crippen molar-refractivity contribution in [3.63, 3.8) is 0 Å². The van der Waals surface area contributed by atoms with Gasteiger partial charge >= 0.3 is 5.97 Å². The van der Waals surface area contributed by atoms with Crippen LogP contribution < -0.4 is 0 Å². The average molecular weight is 288 g/mol. The number of nitrogens with zero attached hydrogens (tertiary/aromatic N) is 2. The van der Waals surface area contributed by atoms with Gasteiger partial charge in [-0.15, -0.1) is 0 Å². The molecular formula is C16H20N2O3. The third-order valence-electron chi connectivity index (χ3n) is 4.11. The lowest BCUT2D eigenvalue weighted by Gasteiger charge is -2.27. The van der Waals surface area contributed by atoms with E-state index in [0.717, 1.165) is 5.56 Å². The Morgan fingerprint density at radius 3 is 2.67 bits per heavy atom. The quantitative estimate of drug-likeness (QED) is 0.845. The van der Waals surface area contributed by atoms with E-state index in [-0.39, 0.29) is 17.9 Å². The van der Waals surface area contributed by atoms with Gasteiger partial charge in [-0.2, -0.15) is 5.26 Å². The summed E-state index contributed by atoms with van der Waals surface area (Å²) in [6, 6.07) is 9.43. The molecule has 1 aromatic carbocycles. The number of carbonyl (C=O) groups is 1. The fourth-order valence-electron chi connectivity index (χ4n) is 2.92. The van der Waals surface area contributed by atoms with Crippen LogP contribution in [0.25, 0.3) is 0 Å². The number of aliphatic hydroxyl groups excluding tert-OH is 1. The van der Waals surface area contributed by atoms with Crippen LogP contribution in [-0.4, -0.2) is 42.3 Å². The molecule has 0 aliphatic heterocycles. The molecule has 1 saturated carbocycles. The van der Waals surface area contributed by atoms with Crippen molar-refractivity contribution in [1.82, 2.24) is 4.90 Å². The zero-order valence-corrected chi connectivity index (χ0v) is 12.3. The van der Waals surface area contributed by atoms with E-state index in [1.54, 1.807) is 12.1 Å². The van der Waals surface area contributed by atoms with Crippen molar-refractivity contribution in [3.05, 3.63) is 35.4 Å². The standard InChI is InChI=1S/C16H20N2O3/c1-18(10-12-5-3-11(9-17)4-6-12)14-7-13(8-15(14)19)16(20)21-2/h3-6,13-15,19H,7-8,10H2,1-2H3/t13-,14-,15-/m0/s1. The molecule has 0 heterocycles. The van der Waals surface area contributed by atoms with Crippen molar-refractivity contribution in [2.45, 2.75) is 31.5 Å². The smallest absolute Gasteiger partial charge is 0.308 e. The van der Waals surface area contributed by atoms with E-state index in [0.29, 0.717) is 24.9 Å². The molecule has 0 aromatic heterocycles. The molecule has 5 nitrogen and oxygen atoms in total. The number of aliphatic hydroxyl groups is 1. The van der Waals surface area contributed by atoms with Gasteiger partial charge in [-0.05, 0) is 37.6 Å². The summed E-state index contributed by atoms with van der Waals surface area (Å²) in [4.78, 5) is 13.6. The SMILES string of the molecule is COC(=O)[C@@H]1C[C@H](O)[C@@H](N(C)Cc2ccc(C#N)cc2)C1. The van der Waals surface area contributed by atoms with Crippen molar-refractivity contribution in [2.75, 3.05) is 14.2 Å². The summed E-state index contributed by atoms with van der Waals surface area (Å²) in [7, 11) is 3.31. The topological polar surface area (TPSA) is 73.6 Å². The van der Waals surface area contributed by atoms with Crippen LogP contribution in [0.5, 0.6) is 0 Å². The third-order valence-corrected chi connectivity index (χ3v) is 4.11. The van der Waals surface area contributed by atoms with Crippen LogP contribution in [0.4, 0.5) is 0 Å². The molecule has 0 radical (unpaired) electrons. The highest BCUT2D eigenvalue weighted by Crippen LogP contribution is 2.30. The summed E-state index contributed by atoms with van der Waals surface area (Å²) in [5, 5.41) is 18.9. The fourth-order valence-corrected chi connectivity index (χ4v) is 2.92. The number of rotatable bonds is 4. The van der Waals surface area contributed by atoms with Gasteiger partial charge in [-0.1, -0.05) is 12.1 Å². The maximum Gasteiger partial charge on any atom is 0.308 e. The molecule has 1 aromatic rings. The zero-order chi connectivity index (χ0) is 15.4. The van der Waals surface area contributed by atoms with Gasteiger partial charge in [0.05, 0.1) is 30.8 Å². The molecule has 1 aliphatic carbocycles. The van der Waals surface area contributed by atoms with Crippen LogP contribution in [0.2, 0.25) is 0 Å². The Hall–Kier alpha value is -1.90. The lowest BCUT2D eigenvalue weighted by molar-refractivity contribution is -0.145. The van der Waals surface area contributed by atoms with Crippen molar-refractivity contribution < 1.29 is 14.6 Å². The Kier molecular flexibility index (Phi) is 4.94. The molecule has 2 rings (SSSR count). The van der Waals surface area contributed by atoms with E-state index in [1.165, 1.54) is 7.11 Å². The van der Waals surface area contributed by atoms with Crippen molar-refractivity contribution in [2.24, 2.45) is 5.92 Å². The highest BCUT2D eigenvalue weighted by Gasteiger charge is 2.39. The van der Waals surface area contributed by atoms with E-state index in [4.69, 9.17) is 10.00 Å². The molecule has 21 heavy (non-hydrogen) atoms. The number of nitriles is 1. The lowest BCUT2D eigenvalue weighted by Crippen LogP contribution is -2.37. The molecule has 0 amide bonds. The molecule has 1 N–H and O–H groups in total. The van der Waals surface area contributed by atoms with Crippen molar-refractivity contribution in [3.8, 4) is 6.07 Å². The first-order valence-electron chi connectivity index (χ1n) is 7.00. The normalized spacial score (nSPS) is 24.8. The van der Waals surface area contributed by atoms with E-state index >= 15 is 0 Å². The molecular weight excluding hydrogens is 268 g/mol. The van der Waals surface area contributed by atoms with Crippen LogP contribution >= 0.6 is 0 Å². The lowest BCUT2D eigenvalue weighted by atomic mass is 10.1. The van der Waals surface area contributed by atoms with Crippen molar-refractivity contribution >= 4 is 5.97 Å². The molecule has 1 fully saturated rings. The number of carbonyl (C=O) groups excluding carboxylic acids is 1. The first-order chi connectivity index (χ1) is 10.0. The van der Waals surface area contributed by atoms with Crippen LogP contribution in [0.1, 0.15) is 24.0 Å². The van der Waals surface area contributed by atoms with E-state index in [9.17, 15) is 9.90 Å². The summed E-state index contributed by atoms with van der Waals surface area (Å²) in [6.45, 7) is 0.668. The van der Waals surface area contributed by atoms with E-state index < -0.39 is 6.10 Å². The van der Waals surface area contributed by atoms with Gasteiger partial charge in [0, 0.05) is 12.6 Å². The Labute approximate surface area is 124 Å². The second-order valence-electron chi connectivity index (χ2n) is 5.55. The average Bonchev–Trinajstić information content (AvgIpc) is 2.89. The molecule has 112 valence electrons. The molecule has 0 spiro atoms. The van der Waals surface area contributed by atoms with Gasteiger partial charge in [-0.3, -0.25) is 9.69 Å². The summed E-state index contributed by atoms with van der Waals surface area (Å²) < 4.78 is 4.76. The maximum absolute atomic E-state index is 11.6. The maximum atomic E-state index is 11.6. The predicted octanol–water partition coefficient (Wildman–Crippen LogP) is 1.30. The van der Waals surface area contributed by atoms with Crippen LogP contribution in [-0.2, 0) is 16.1 Å². The summed E-state index contributed by atoms with van der Waals surface area (Å²) in [5.41, 5.74) is 1.71. The van der Waals surface area contributed by atoms with Gasteiger partial charge in [0.1, 0.15) is 0 Å². The molecule has 0 unspecified atom stereocenters. The number of ether oxygens (including phenoxy) is 1. The molecule has 0 bridgehead atoms. The van der Waals surface area contributed by atoms with Gasteiger partial charge in [0.15, 0.2) is 0 Å². The second kappa shape index (κ2) is 6.70. The minimum absolute atomic E-state index is 0.0512. The molecule has 0 saturated heterocycles. The minimum atomic E-state index is -0.516. The number of benzene rings is 1. The molecule has 3 atom stereocenters. The highest BCUT2D eigenvalue weighted by atomic mass is 16.5.